The van der Waals surface area contributed by atoms with Gasteiger partial charge in [0, 0.05) is 6.42 Å². The number of aromatic carboxylic acids is 1. The number of unbranched alkanes of at least 4 members (excludes halogenated alkanes) is 1. The maximum Gasteiger partial charge on any atom is 0.336 e. The van der Waals surface area contributed by atoms with Gasteiger partial charge in [0.25, 0.3) is 0 Å². The van der Waals surface area contributed by atoms with Crippen LogP contribution in [-0.2, 0) is 22.8 Å². The number of nitrogens with zero attached hydrogens (tertiary/aromatic N) is 3. The average molecular weight is 555 g/mol. The van der Waals surface area contributed by atoms with Gasteiger partial charge in [0.05, 0.1) is 17.0 Å². The van der Waals surface area contributed by atoms with Crippen LogP contribution in [0, 0.1) is 0 Å². The van der Waals surface area contributed by atoms with Crippen LogP contribution in [0.4, 0.5) is 5.82 Å². The number of rotatable bonds is 11. The normalized spacial score (nSPS) is 11.5. The molecule has 0 atom stereocenters. The Labute approximate surface area is 233 Å². The lowest BCUT2D eigenvalue weighted by molar-refractivity contribution is 0.0697. The van der Waals surface area contributed by atoms with Crippen LogP contribution in [0.3, 0.4) is 0 Å². The summed E-state index contributed by atoms with van der Waals surface area (Å²) in [5, 5.41) is 12.5. The molecule has 2 N–H and O–H groups in total. The number of hydrogen-bond donors (Lipinski definition) is 2. The number of carbonyl (C=O) groups is 1. The van der Waals surface area contributed by atoms with Gasteiger partial charge in [-0.25, -0.2) is 23.2 Å². The molecule has 8 nitrogen and oxygen atoms in total. The molecule has 0 aliphatic rings. The summed E-state index contributed by atoms with van der Waals surface area (Å²) < 4.78 is 27.6. The molecule has 0 saturated heterocycles. The largest absolute Gasteiger partial charge is 0.478 e. The Hall–Kier alpha value is -4.50. The van der Waals surface area contributed by atoms with Crippen molar-refractivity contribution in [2.45, 2.75) is 37.6 Å². The highest BCUT2D eigenvalue weighted by Crippen LogP contribution is 2.26. The molecule has 204 valence electrons. The molecule has 40 heavy (non-hydrogen) atoms. The minimum absolute atomic E-state index is 0.255. The van der Waals surface area contributed by atoms with E-state index in [1.54, 1.807) is 54.6 Å². The Morgan fingerprint density at radius 3 is 2.35 bits per heavy atom. The van der Waals surface area contributed by atoms with E-state index < -0.39 is 15.8 Å². The summed E-state index contributed by atoms with van der Waals surface area (Å²) in [5.41, 5.74) is 4.19. The van der Waals surface area contributed by atoms with E-state index in [4.69, 9.17) is 9.97 Å². The second kappa shape index (κ2) is 11.7. The number of anilines is 1. The second-order valence-electron chi connectivity index (χ2n) is 9.55. The average Bonchev–Trinajstić information content (AvgIpc) is 3.32. The summed E-state index contributed by atoms with van der Waals surface area (Å²) in [6, 6.07) is 26.7. The van der Waals surface area contributed by atoms with Gasteiger partial charge in [-0.3, -0.25) is 0 Å². The Kier molecular flexibility index (Phi) is 7.93. The highest BCUT2D eigenvalue weighted by atomic mass is 32.2. The smallest absolute Gasteiger partial charge is 0.336 e. The molecule has 3 aromatic carbocycles. The zero-order valence-corrected chi connectivity index (χ0v) is 22.9. The van der Waals surface area contributed by atoms with Crippen molar-refractivity contribution < 1.29 is 18.3 Å². The predicted octanol–water partition coefficient (Wildman–Crippen LogP) is 6.03. The van der Waals surface area contributed by atoms with Crippen molar-refractivity contribution in [1.29, 1.82) is 0 Å². The minimum Gasteiger partial charge on any atom is -0.478 e. The van der Waals surface area contributed by atoms with Crippen molar-refractivity contribution >= 4 is 32.8 Å². The first-order valence-corrected chi connectivity index (χ1v) is 14.8. The van der Waals surface area contributed by atoms with Crippen LogP contribution in [0.15, 0.2) is 95.9 Å². The highest BCUT2D eigenvalue weighted by molar-refractivity contribution is 7.91. The van der Waals surface area contributed by atoms with E-state index in [1.165, 1.54) is 0 Å². The molecule has 0 fully saturated rings. The fraction of sp³-hybridized carbons (Fsp3) is 0.194. The number of carboxylic acids is 1. The van der Waals surface area contributed by atoms with E-state index in [9.17, 15) is 18.3 Å². The van der Waals surface area contributed by atoms with Gasteiger partial charge in [0.2, 0.25) is 0 Å². The number of nitrogens with one attached hydrogen (secondary N) is 1. The van der Waals surface area contributed by atoms with Gasteiger partial charge < -0.3 is 15.0 Å². The van der Waals surface area contributed by atoms with Crippen LogP contribution in [0.25, 0.3) is 22.3 Å². The van der Waals surface area contributed by atoms with Crippen LogP contribution >= 0.6 is 0 Å². The van der Waals surface area contributed by atoms with Crippen molar-refractivity contribution in [3.63, 3.8) is 0 Å². The molecule has 0 spiro atoms. The van der Waals surface area contributed by atoms with Gasteiger partial charge in [-0.05, 0) is 53.4 Å². The Bertz CT molecular complexity index is 1750. The number of carboxylic acid groups (broad SMARTS) is 1. The topological polar surface area (TPSA) is 114 Å². The summed E-state index contributed by atoms with van der Waals surface area (Å²) in [6.07, 6.45) is 2.80. The lowest BCUT2D eigenvalue weighted by Crippen LogP contribution is -2.15. The van der Waals surface area contributed by atoms with Gasteiger partial charge >= 0.3 is 5.97 Å². The summed E-state index contributed by atoms with van der Waals surface area (Å²) >= 11 is 0. The number of benzene rings is 3. The molecule has 9 heteroatoms. The SMILES string of the molecule is CCCCc1nc2ccc(NCS(=O)(=O)c3ccccc3)nc2n1Cc1ccc(-c2ccccc2C(=O)O)cc1. The van der Waals surface area contributed by atoms with Crippen LogP contribution < -0.4 is 5.32 Å². The molecule has 2 heterocycles. The third kappa shape index (κ3) is 5.89. The fourth-order valence-electron chi connectivity index (χ4n) is 4.61. The van der Waals surface area contributed by atoms with Gasteiger partial charge in [0.15, 0.2) is 15.5 Å². The Balaban J connectivity index is 1.43. The molecule has 0 aliphatic carbocycles. The van der Waals surface area contributed by atoms with Crippen molar-refractivity contribution in [3.05, 3.63) is 108 Å². The lowest BCUT2D eigenvalue weighted by atomic mass is 9.99. The number of pyridine rings is 1. The van der Waals surface area contributed by atoms with Gasteiger partial charge in [-0.1, -0.05) is 74.0 Å². The van der Waals surface area contributed by atoms with Crippen LogP contribution in [0.1, 0.15) is 41.5 Å². The maximum atomic E-state index is 12.7. The fourth-order valence-corrected chi connectivity index (χ4v) is 5.69. The van der Waals surface area contributed by atoms with Crippen molar-refractivity contribution in [2.24, 2.45) is 0 Å². The predicted molar refractivity (Wildman–Crippen MR) is 156 cm³/mol. The molecule has 0 aliphatic heterocycles. The van der Waals surface area contributed by atoms with Gasteiger partial charge in [-0.2, -0.15) is 0 Å². The second-order valence-corrected chi connectivity index (χ2v) is 11.5. The van der Waals surface area contributed by atoms with Gasteiger partial charge in [-0.15, -0.1) is 0 Å². The number of imidazole rings is 1. The maximum absolute atomic E-state index is 12.7. The monoisotopic (exact) mass is 554 g/mol. The molecule has 2 aromatic heterocycles. The number of aromatic nitrogens is 3. The first kappa shape index (κ1) is 27.1. The third-order valence-corrected chi connectivity index (χ3v) is 8.25. The molecule has 0 amide bonds. The number of sulfone groups is 1. The standard InChI is InChI=1S/C31H30N4O4S/c1-2-3-13-29-33-27-18-19-28(32-21-40(38,39)24-9-5-4-6-10-24)34-30(27)35(29)20-22-14-16-23(17-15-22)25-11-7-8-12-26(25)31(36)37/h4-12,14-19H,2-3,13,20-21H2,1H3,(H,32,34)(H,36,37). The molecule has 5 rings (SSSR count). The quantitative estimate of drug-likeness (QED) is 0.205. The molecular weight excluding hydrogens is 524 g/mol. The zero-order valence-electron chi connectivity index (χ0n) is 22.1. The summed E-state index contributed by atoms with van der Waals surface area (Å²) in [5.74, 6) is 0.137. The van der Waals surface area contributed by atoms with E-state index in [-0.39, 0.29) is 16.3 Å². The van der Waals surface area contributed by atoms with Gasteiger partial charge in [0.1, 0.15) is 23.0 Å². The number of hydrogen-bond acceptors (Lipinski definition) is 6. The highest BCUT2D eigenvalue weighted by Gasteiger charge is 2.17. The molecule has 5 aromatic rings. The van der Waals surface area contributed by atoms with Crippen molar-refractivity contribution in [3.8, 4) is 11.1 Å². The molecule has 0 unspecified atom stereocenters. The van der Waals surface area contributed by atoms with E-state index in [1.807, 2.05) is 36.4 Å². The van der Waals surface area contributed by atoms with Crippen LogP contribution in [0.2, 0.25) is 0 Å². The first-order chi connectivity index (χ1) is 19.4. The lowest BCUT2D eigenvalue weighted by Gasteiger charge is -2.12. The van der Waals surface area contributed by atoms with E-state index >= 15 is 0 Å². The third-order valence-electron chi connectivity index (χ3n) is 6.73. The van der Waals surface area contributed by atoms with E-state index in [0.29, 0.717) is 23.6 Å². The Morgan fingerprint density at radius 2 is 1.62 bits per heavy atom. The molecular formula is C31H30N4O4S. The minimum atomic E-state index is -3.52. The summed E-state index contributed by atoms with van der Waals surface area (Å²) in [4.78, 5) is 21.5. The number of fused-ring (bicyclic) bond motifs is 1. The summed E-state index contributed by atoms with van der Waals surface area (Å²) in [6.45, 7) is 2.66. The van der Waals surface area contributed by atoms with Crippen molar-refractivity contribution in [2.75, 3.05) is 11.2 Å². The zero-order chi connectivity index (χ0) is 28.1. The first-order valence-electron chi connectivity index (χ1n) is 13.1. The number of aryl methyl sites for hydroxylation is 1. The molecule has 0 saturated carbocycles. The van der Waals surface area contributed by atoms with Crippen LogP contribution in [-0.4, -0.2) is 39.9 Å². The molecule has 0 radical (unpaired) electrons. The van der Waals surface area contributed by atoms with Crippen LogP contribution in [0.5, 0.6) is 0 Å². The summed E-state index contributed by atoms with van der Waals surface area (Å²) in [7, 11) is -3.52. The van der Waals surface area contributed by atoms with E-state index in [2.05, 4.69) is 16.8 Å². The van der Waals surface area contributed by atoms with E-state index in [0.717, 1.165) is 41.7 Å². The molecule has 0 bridgehead atoms. The van der Waals surface area contributed by atoms with Crippen molar-refractivity contribution in [1.82, 2.24) is 14.5 Å². The Morgan fingerprint density at radius 1 is 0.900 bits per heavy atom.